The summed E-state index contributed by atoms with van der Waals surface area (Å²) < 4.78 is 10.4. The molecule has 0 aliphatic carbocycles. The van der Waals surface area contributed by atoms with Gasteiger partial charge in [0, 0.05) is 18.0 Å². The summed E-state index contributed by atoms with van der Waals surface area (Å²) in [5.41, 5.74) is 0.906. The monoisotopic (exact) mass is 297 g/mol. The van der Waals surface area contributed by atoms with E-state index in [1.54, 1.807) is 6.08 Å². The molecule has 0 saturated heterocycles. The van der Waals surface area contributed by atoms with E-state index in [1.165, 1.54) is 6.08 Å². The Morgan fingerprint density at radius 3 is 3.06 bits per heavy atom. The van der Waals surface area contributed by atoms with E-state index in [0.29, 0.717) is 12.3 Å². The third-order valence-electron chi connectivity index (χ3n) is 2.22. The van der Waals surface area contributed by atoms with E-state index in [9.17, 15) is 4.79 Å². The molecule has 0 atom stereocenters. The lowest BCUT2D eigenvalue weighted by atomic mass is 10.2. The van der Waals surface area contributed by atoms with Gasteiger partial charge < -0.3 is 14.8 Å². The van der Waals surface area contributed by atoms with Crippen molar-refractivity contribution in [2.24, 2.45) is 0 Å². The highest BCUT2D eigenvalue weighted by atomic mass is 79.9. The molecule has 0 saturated carbocycles. The van der Waals surface area contributed by atoms with Gasteiger partial charge in [0.15, 0.2) is 11.5 Å². The maximum Gasteiger partial charge on any atom is 0.244 e. The molecule has 1 aliphatic heterocycles. The number of alkyl halides is 1. The van der Waals surface area contributed by atoms with Crippen LogP contribution in [0.5, 0.6) is 11.5 Å². The molecular weight excluding hydrogens is 286 g/mol. The van der Waals surface area contributed by atoms with Crippen LogP contribution in [0.25, 0.3) is 6.08 Å². The molecule has 1 amide bonds. The highest BCUT2D eigenvalue weighted by Crippen LogP contribution is 2.32. The second kappa shape index (κ2) is 5.72. The van der Waals surface area contributed by atoms with Crippen LogP contribution in [0.1, 0.15) is 5.56 Å². The normalized spacial score (nSPS) is 13.0. The van der Waals surface area contributed by atoms with Crippen molar-refractivity contribution in [3.63, 3.8) is 0 Å². The molecule has 0 unspecified atom stereocenters. The summed E-state index contributed by atoms with van der Waals surface area (Å²) in [6.07, 6.45) is 3.24. The molecule has 0 aromatic heterocycles. The number of benzene rings is 1. The Labute approximate surface area is 108 Å². The van der Waals surface area contributed by atoms with Crippen molar-refractivity contribution in [3.05, 3.63) is 29.8 Å². The smallest absolute Gasteiger partial charge is 0.244 e. The van der Waals surface area contributed by atoms with Gasteiger partial charge in [-0.3, -0.25) is 4.79 Å². The lowest BCUT2D eigenvalue weighted by molar-refractivity contribution is -0.116. The van der Waals surface area contributed by atoms with Gasteiger partial charge in [-0.25, -0.2) is 0 Å². The third-order valence-corrected chi connectivity index (χ3v) is 2.61. The molecular formula is C12H12BrNO3. The molecule has 2 rings (SSSR count). The Bertz CT molecular complexity index is 445. The Morgan fingerprint density at radius 1 is 1.41 bits per heavy atom. The first-order valence-corrected chi connectivity index (χ1v) is 6.33. The first-order chi connectivity index (χ1) is 8.29. The van der Waals surface area contributed by atoms with Crippen molar-refractivity contribution < 1.29 is 14.3 Å². The number of carbonyl (C=O) groups is 1. The Balaban J connectivity index is 1.99. The summed E-state index contributed by atoms with van der Waals surface area (Å²) in [7, 11) is 0. The molecule has 0 fully saturated rings. The number of amides is 1. The molecule has 4 nitrogen and oxygen atoms in total. The maximum atomic E-state index is 11.3. The Morgan fingerprint density at radius 2 is 2.24 bits per heavy atom. The first kappa shape index (κ1) is 12.0. The van der Waals surface area contributed by atoms with E-state index < -0.39 is 0 Å². The minimum atomic E-state index is -0.109. The lowest BCUT2D eigenvalue weighted by Crippen LogP contribution is -2.22. The summed E-state index contributed by atoms with van der Waals surface area (Å²) in [6.45, 7) is 0.874. The standard InChI is InChI=1S/C12H12BrNO3/c13-5-6-14-12(15)4-2-9-1-3-10-11(7-9)17-8-16-10/h1-4,7H,5-6,8H2,(H,14,15). The number of fused-ring (bicyclic) bond motifs is 1. The molecule has 17 heavy (non-hydrogen) atoms. The van der Waals surface area contributed by atoms with Crippen molar-refractivity contribution in [3.8, 4) is 11.5 Å². The first-order valence-electron chi connectivity index (χ1n) is 5.21. The van der Waals surface area contributed by atoms with Gasteiger partial charge in [0.25, 0.3) is 0 Å². The SMILES string of the molecule is O=C(C=Cc1ccc2c(c1)OCO2)NCCBr. The van der Waals surface area contributed by atoms with Crippen LogP contribution in [-0.2, 0) is 4.79 Å². The number of ether oxygens (including phenoxy) is 2. The fraction of sp³-hybridized carbons (Fsp3) is 0.250. The fourth-order valence-electron chi connectivity index (χ4n) is 1.42. The molecule has 90 valence electrons. The van der Waals surface area contributed by atoms with Gasteiger partial charge in [0.2, 0.25) is 12.7 Å². The van der Waals surface area contributed by atoms with Crippen molar-refractivity contribution >= 4 is 27.9 Å². The molecule has 1 heterocycles. The van der Waals surface area contributed by atoms with E-state index in [4.69, 9.17) is 9.47 Å². The van der Waals surface area contributed by atoms with Gasteiger partial charge >= 0.3 is 0 Å². The molecule has 0 bridgehead atoms. The van der Waals surface area contributed by atoms with Crippen molar-refractivity contribution in [1.29, 1.82) is 0 Å². The minimum Gasteiger partial charge on any atom is -0.454 e. The van der Waals surface area contributed by atoms with Crippen molar-refractivity contribution in [2.75, 3.05) is 18.7 Å². The summed E-state index contributed by atoms with van der Waals surface area (Å²) in [6, 6.07) is 5.55. The molecule has 1 aliphatic rings. The third kappa shape index (κ3) is 3.23. The van der Waals surface area contributed by atoms with Crippen LogP contribution in [0.3, 0.4) is 0 Å². The van der Waals surface area contributed by atoms with Gasteiger partial charge in [-0.15, -0.1) is 0 Å². The second-order valence-electron chi connectivity index (χ2n) is 3.43. The van der Waals surface area contributed by atoms with E-state index in [0.717, 1.165) is 16.6 Å². The Hall–Kier alpha value is -1.49. The zero-order valence-electron chi connectivity index (χ0n) is 9.11. The van der Waals surface area contributed by atoms with Crippen LogP contribution in [0, 0.1) is 0 Å². The van der Waals surface area contributed by atoms with E-state index in [-0.39, 0.29) is 12.7 Å². The summed E-state index contributed by atoms with van der Waals surface area (Å²) in [5.74, 6) is 1.35. The van der Waals surface area contributed by atoms with Gasteiger partial charge in [0.05, 0.1) is 0 Å². The van der Waals surface area contributed by atoms with Crippen LogP contribution in [0.2, 0.25) is 0 Å². The number of carbonyl (C=O) groups excluding carboxylic acids is 1. The zero-order valence-corrected chi connectivity index (χ0v) is 10.7. The van der Waals surface area contributed by atoms with Gasteiger partial charge in [-0.05, 0) is 23.8 Å². The average molecular weight is 298 g/mol. The van der Waals surface area contributed by atoms with Gasteiger partial charge in [0.1, 0.15) is 0 Å². The summed E-state index contributed by atoms with van der Waals surface area (Å²) >= 11 is 3.24. The molecule has 1 N–H and O–H groups in total. The van der Waals surface area contributed by atoms with Crippen molar-refractivity contribution in [1.82, 2.24) is 5.32 Å². The minimum absolute atomic E-state index is 0.109. The van der Waals surface area contributed by atoms with Gasteiger partial charge in [-0.2, -0.15) is 0 Å². The van der Waals surface area contributed by atoms with Crippen LogP contribution in [0.15, 0.2) is 24.3 Å². The zero-order chi connectivity index (χ0) is 12.1. The summed E-state index contributed by atoms with van der Waals surface area (Å²) in [5, 5.41) is 3.47. The van der Waals surface area contributed by atoms with E-state index in [1.807, 2.05) is 18.2 Å². The van der Waals surface area contributed by atoms with E-state index in [2.05, 4.69) is 21.2 Å². The topological polar surface area (TPSA) is 47.6 Å². The molecule has 0 radical (unpaired) electrons. The molecule has 1 aromatic carbocycles. The number of hydrogen-bond donors (Lipinski definition) is 1. The average Bonchev–Trinajstić information content (AvgIpc) is 2.81. The highest BCUT2D eigenvalue weighted by Gasteiger charge is 2.12. The van der Waals surface area contributed by atoms with Crippen LogP contribution in [-0.4, -0.2) is 24.6 Å². The van der Waals surface area contributed by atoms with Crippen LogP contribution in [0.4, 0.5) is 0 Å². The van der Waals surface area contributed by atoms with Gasteiger partial charge in [-0.1, -0.05) is 22.0 Å². The molecule has 1 aromatic rings. The van der Waals surface area contributed by atoms with Crippen LogP contribution < -0.4 is 14.8 Å². The largest absolute Gasteiger partial charge is 0.454 e. The summed E-state index contributed by atoms with van der Waals surface area (Å²) in [4.78, 5) is 11.3. The number of hydrogen-bond acceptors (Lipinski definition) is 3. The molecule has 0 spiro atoms. The van der Waals surface area contributed by atoms with Crippen LogP contribution >= 0.6 is 15.9 Å². The number of nitrogens with one attached hydrogen (secondary N) is 1. The van der Waals surface area contributed by atoms with E-state index >= 15 is 0 Å². The van der Waals surface area contributed by atoms with Crippen molar-refractivity contribution in [2.45, 2.75) is 0 Å². The predicted octanol–water partition coefficient (Wildman–Crippen LogP) is 1.94. The molecule has 5 heteroatoms. The number of rotatable bonds is 4. The fourth-order valence-corrected chi connectivity index (χ4v) is 1.62. The lowest BCUT2D eigenvalue weighted by Gasteiger charge is -1.98. The predicted molar refractivity (Wildman–Crippen MR) is 68.4 cm³/mol. The second-order valence-corrected chi connectivity index (χ2v) is 4.22. The Kier molecular flexibility index (Phi) is 4.03. The number of halogens is 1. The quantitative estimate of drug-likeness (QED) is 0.682. The maximum absolute atomic E-state index is 11.3. The highest BCUT2D eigenvalue weighted by molar-refractivity contribution is 9.09.